The topological polar surface area (TPSA) is 85.0 Å². The highest BCUT2D eigenvalue weighted by Gasteiger charge is 2.10. The molecule has 0 spiro atoms. The highest BCUT2D eigenvalue weighted by molar-refractivity contribution is 7.89. The Morgan fingerprint density at radius 2 is 2.12 bits per heavy atom. The summed E-state index contributed by atoms with van der Waals surface area (Å²) in [6.45, 7) is 2.75. The van der Waals surface area contributed by atoms with Gasteiger partial charge in [0.1, 0.15) is 0 Å². The lowest BCUT2D eigenvalue weighted by molar-refractivity contribution is 0.580. The molecule has 1 aromatic rings. The van der Waals surface area contributed by atoms with Crippen LogP contribution >= 0.6 is 0 Å². The standard InChI is InChI=1S/C12H17N3OS/c1-2-7-15-17(16)12-5-3-10(4-6-12)11(8-13)9-14/h3-6,8-9,13,15H,2,7,14H2,1H3/b11-9+,13-8?. The second-order valence-electron chi connectivity index (χ2n) is 3.45. The zero-order valence-corrected chi connectivity index (χ0v) is 10.6. The molecule has 1 unspecified atom stereocenters. The van der Waals surface area contributed by atoms with Crippen LogP contribution in [0.4, 0.5) is 0 Å². The van der Waals surface area contributed by atoms with Crippen molar-refractivity contribution in [3.63, 3.8) is 0 Å². The Bertz CT molecular complexity index is 389. The number of nitrogens with one attached hydrogen (secondary N) is 2. The zero-order valence-electron chi connectivity index (χ0n) is 9.77. The molecule has 1 aromatic carbocycles. The van der Waals surface area contributed by atoms with Crippen molar-refractivity contribution in [2.45, 2.75) is 18.2 Å². The predicted octanol–water partition coefficient (Wildman–Crippen LogP) is 1.66. The first-order chi connectivity index (χ1) is 8.22. The number of rotatable bonds is 6. The van der Waals surface area contributed by atoms with E-state index in [9.17, 15) is 4.55 Å². The van der Waals surface area contributed by atoms with Gasteiger partial charge in [0.05, 0.1) is 11.4 Å². The SMILES string of the molecule is CCCN[S+]([O-])c1ccc(/C(C=N)=C/N)cc1. The summed E-state index contributed by atoms with van der Waals surface area (Å²) in [5.74, 6) is 0. The number of nitrogens with two attached hydrogens (primary N) is 1. The lowest BCUT2D eigenvalue weighted by Gasteiger charge is -2.10. The monoisotopic (exact) mass is 251 g/mol. The van der Waals surface area contributed by atoms with E-state index in [-0.39, 0.29) is 0 Å². The summed E-state index contributed by atoms with van der Waals surface area (Å²) in [7, 11) is 0. The van der Waals surface area contributed by atoms with Gasteiger partial charge >= 0.3 is 0 Å². The van der Waals surface area contributed by atoms with Gasteiger partial charge in [-0.15, -0.1) is 4.72 Å². The molecule has 92 valence electrons. The van der Waals surface area contributed by atoms with Crippen molar-refractivity contribution in [2.24, 2.45) is 5.73 Å². The zero-order chi connectivity index (χ0) is 12.7. The number of allylic oxidation sites excluding steroid dienone is 1. The Kier molecular flexibility index (Phi) is 5.76. The van der Waals surface area contributed by atoms with Crippen molar-refractivity contribution in [2.75, 3.05) is 6.54 Å². The molecule has 0 aliphatic heterocycles. The van der Waals surface area contributed by atoms with Gasteiger partial charge < -0.3 is 15.7 Å². The largest absolute Gasteiger partial charge is 0.593 e. The number of hydrogen-bond acceptors (Lipinski definition) is 4. The fourth-order valence-electron chi connectivity index (χ4n) is 1.28. The van der Waals surface area contributed by atoms with E-state index in [1.165, 1.54) is 12.4 Å². The Balaban J connectivity index is 2.77. The third kappa shape index (κ3) is 3.89. The molecule has 1 rings (SSSR count). The van der Waals surface area contributed by atoms with Crippen molar-refractivity contribution in [1.82, 2.24) is 4.72 Å². The second-order valence-corrected chi connectivity index (χ2v) is 4.75. The van der Waals surface area contributed by atoms with Crippen molar-refractivity contribution >= 4 is 23.1 Å². The lowest BCUT2D eigenvalue weighted by atomic mass is 10.1. The predicted molar refractivity (Wildman–Crippen MR) is 72.1 cm³/mol. The summed E-state index contributed by atoms with van der Waals surface area (Å²) in [5.41, 5.74) is 6.88. The number of hydrogen-bond donors (Lipinski definition) is 3. The molecule has 0 radical (unpaired) electrons. The molecule has 0 aliphatic carbocycles. The maximum absolute atomic E-state index is 11.7. The molecular formula is C12H17N3OS. The smallest absolute Gasteiger partial charge is 0.173 e. The van der Waals surface area contributed by atoms with E-state index in [1.807, 2.05) is 19.1 Å². The van der Waals surface area contributed by atoms with Crippen molar-refractivity contribution < 1.29 is 4.55 Å². The quantitative estimate of drug-likeness (QED) is 0.531. The molecule has 0 aliphatic rings. The van der Waals surface area contributed by atoms with E-state index >= 15 is 0 Å². The minimum atomic E-state index is -1.17. The molecule has 17 heavy (non-hydrogen) atoms. The van der Waals surface area contributed by atoms with Crippen LogP contribution in [0.1, 0.15) is 18.9 Å². The summed E-state index contributed by atoms with van der Waals surface area (Å²) in [5, 5.41) is 7.18. The van der Waals surface area contributed by atoms with Gasteiger partial charge in [-0.2, -0.15) is 0 Å². The molecule has 0 fully saturated rings. The first kappa shape index (κ1) is 13.8. The third-order valence-electron chi connectivity index (χ3n) is 2.22. The van der Waals surface area contributed by atoms with Crippen LogP contribution in [0, 0.1) is 5.41 Å². The molecule has 4 nitrogen and oxygen atoms in total. The fraction of sp³-hybridized carbons (Fsp3) is 0.250. The van der Waals surface area contributed by atoms with Gasteiger partial charge in [0.25, 0.3) is 0 Å². The molecule has 0 heterocycles. The molecular weight excluding hydrogens is 234 g/mol. The van der Waals surface area contributed by atoms with Crippen LogP contribution in [-0.4, -0.2) is 17.3 Å². The van der Waals surface area contributed by atoms with Gasteiger partial charge in [-0.3, -0.25) is 0 Å². The van der Waals surface area contributed by atoms with Crippen LogP contribution in [0.15, 0.2) is 35.4 Å². The summed E-state index contributed by atoms with van der Waals surface area (Å²) < 4.78 is 14.7. The highest BCUT2D eigenvalue weighted by Crippen LogP contribution is 2.15. The van der Waals surface area contributed by atoms with Gasteiger partial charge in [0.2, 0.25) is 0 Å². The molecule has 5 heteroatoms. The second kappa shape index (κ2) is 7.11. The Morgan fingerprint density at radius 1 is 1.47 bits per heavy atom. The van der Waals surface area contributed by atoms with Crippen LogP contribution in [0.3, 0.4) is 0 Å². The first-order valence-corrected chi connectivity index (χ1v) is 6.56. The summed E-state index contributed by atoms with van der Waals surface area (Å²) >= 11 is -1.17. The molecule has 0 amide bonds. The van der Waals surface area contributed by atoms with Gasteiger partial charge in [-0.05, 0) is 36.2 Å². The van der Waals surface area contributed by atoms with E-state index in [0.717, 1.165) is 23.4 Å². The Hall–Kier alpha value is -1.30. The molecule has 0 saturated carbocycles. The highest BCUT2D eigenvalue weighted by atomic mass is 32.2. The number of benzene rings is 1. The molecule has 0 aromatic heterocycles. The van der Waals surface area contributed by atoms with Gasteiger partial charge in [-0.25, -0.2) is 0 Å². The van der Waals surface area contributed by atoms with E-state index in [0.29, 0.717) is 5.57 Å². The van der Waals surface area contributed by atoms with E-state index in [1.54, 1.807) is 12.1 Å². The molecule has 0 bridgehead atoms. The molecule has 4 N–H and O–H groups in total. The van der Waals surface area contributed by atoms with E-state index < -0.39 is 11.4 Å². The fourth-order valence-corrected chi connectivity index (χ4v) is 2.22. The first-order valence-electron chi connectivity index (χ1n) is 5.41. The summed E-state index contributed by atoms with van der Waals surface area (Å²) in [6.07, 6.45) is 3.52. The van der Waals surface area contributed by atoms with Crippen LogP contribution in [0.2, 0.25) is 0 Å². The lowest BCUT2D eigenvalue weighted by Crippen LogP contribution is -2.24. The van der Waals surface area contributed by atoms with Crippen molar-refractivity contribution in [3.05, 3.63) is 36.0 Å². The van der Waals surface area contributed by atoms with Gasteiger partial charge in [-0.1, -0.05) is 6.92 Å². The van der Waals surface area contributed by atoms with Crippen LogP contribution < -0.4 is 10.5 Å². The minimum Gasteiger partial charge on any atom is -0.593 e. The van der Waals surface area contributed by atoms with Crippen molar-refractivity contribution in [1.29, 1.82) is 5.41 Å². The average molecular weight is 251 g/mol. The summed E-state index contributed by atoms with van der Waals surface area (Å²) in [6, 6.07) is 7.18. The maximum atomic E-state index is 11.7. The average Bonchev–Trinajstić information content (AvgIpc) is 2.38. The minimum absolute atomic E-state index is 0.642. The van der Waals surface area contributed by atoms with Crippen LogP contribution in [0.5, 0.6) is 0 Å². The van der Waals surface area contributed by atoms with Crippen LogP contribution in [-0.2, 0) is 11.4 Å². The third-order valence-corrected chi connectivity index (χ3v) is 3.39. The Morgan fingerprint density at radius 3 is 2.59 bits per heavy atom. The summed E-state index contributed by atoms with van der Waals surface area (Å²) in [4.78, 5) is 0.726. The molecule has 1 atom stereocenters. The maximum Gasteiger partial charge on any atom is 0.173 e. The molecule has 0 saturated heterocycles. The Labute approximate surface area is 105 Å². The van der Waals surface area contributed by atoms with E-state index in [2.05, 4.69) is 4.72 Å². The van der Waals surface area contributed by atoms with Crippen LogP contribution in [0.25, 0.3) is 5.57 Å². The van der Waals surface area contributed by atoms with E-state index in [4.69, 9.17) is 11.1 Å². The van der Waals surface area contributed by atoms with Crippen molar-refractivity contribution in [3.8, 4) is 0 Å². The van der Waals surface area contributed by atoms with Gasteiger partial charge in [0.15, 0.2) is 4.90 Å². The normalized spacial score (nSPS) is 13.4. The van der Waals surface area contributed by atoms with Gasteiger partial charge in [0, 0.05) is 24.5 Å².